The molecular formula is C18H26N2O4. The summed E-state index contributed by atoms with van der Waals surface area (Å²) in [4.78, 5) is 36.5. The number of aryl methyl sites for hydroxylation is 1. The molecule has 0 spiro atoms. The van der Waals surface area contributed by atoms with Crippen molar-refractivity contribution in [2.45, 2.75) is 71.4 Å². The number of rotatable bonds is 6. The fraction of sp³-hybridized carbons (Fsp3) is 0.611. The smallest absolute Gasteiger partial charge is 0.328 e. The topological polar surface area (TPSA) is 88.4 Å². The van der Waals surface area contributed by atoms with E-state index < -0.39 is 17.4 Å². The van der Waals surface area contributed by atoms with E-state index in [1.807, 2.05) is 0 Å². The van der Waals surface area contributed by atoms with Gasteiger partial charge in [-0.25, -0.2) is 4.79 Å². The van der Waals surface area contributed by atoms with Crippen LogP contribution >= 0.6 is 0 Å². The van der Waals surface area contributed by atoms with Crippen LogP contribution in [0.1, 0.15) is 68.1 Å². The molecule has 24 heavy (non-hydrogen) atoms. The summed E-state index contributed by atoms with van der Waals surface area (Å²) in [5.74, 6) is -1.76. The number of carbonyl (C=O) groups excluding carboxylic acids is 1. The van der Waals surface area contributed by atoms with Crippen LogP contribution in [0, 0.1) is 0 Å². The molecule has 0 saturated heterocycles. The van der Waals surface area contributed by atoms with Crippen LogP contribution in [0.2, 0.25) is 0 Å². The number of aliphatic carboxylic acids is 1. The van der Waals surface area contributed by atoms with Gasteiger partial charge in [-0.15, -0.1) is 0 Å². The maximum Gasteiger partial charge on any atom is 0.328 e. The monoisotopic (exact) mass is 334 g/mol. The molecule has 1 aromatic heterocycles. The van der Waals surface area contributed by atoms with Crippen LogP contribution in [0.25, 0.3) is 0 Å². The molecule has 0 aromatic carbocycles. The number of pyridine rings is 1. The van der Waals surface area contributed by atoms with Gasteiger partial charge in [-0.1, -0.05) is 13.3 Å². The molecule has 132 valence electrons. The number of hydrogen-bond donors (Lipinski definition) is 2. The van der Waals surface area contributed by atoms with Crippen molar-refractivity contribution in [3.05, 3.63) is 33.2 Å². The maximum atomic E-state index is 12.8. The highest BCUT2D eigenvalue weighted by Crippen LogP contribution is 2.21. The lowest BCUT2D eigenvalue weighted by Gasteiger charge is -2.24. The number of unbranched alkanes of at least 4 members (excludes halogenated alkanes) is 1. The van der Waals surface area contributed by atoms with Crippen LogP contribution in [-0.4, -0.2) is 27.1 Å². The van der Waals surface area contributed by atoms with Crippen LogP contribution in [-0.2, 0) is 24.2 Å². The number of amides is 1. The lowest BCUT2D eigenvalue weighted by Crippen LogP contribution is -2.51. The summed E-state index contributed by atoms with van der Waals surface area (Å²) in [7, 11) is 0. The molecule has 0 atom stereocenters. The lowest BCUT2D eigenvalue weighted by atomic mass is 9.93. The molecule has 6 heteroatoms. The molecule has 0 radical (unpaired) electrons. The molecule has 1 aliphatic rings. The Morgan fingerprint density at radius 3 is 2.58 bits per heavy atom. The number of carbonyl (C=O) groups is 2. The first-order chi connectivity index (χ1) is 11.3. The number of nitrogens with zero attached hydrogens (tertiary/aromatic N) is 1. The van der Waals surface area contributed by atoms with E-state index in [1.54, 1.807) is 10.6 Å². The van der Waals surface area contributed by atoms with Gasteiger partial charge in [0.2, 0.25) is 0 Å². The largest absolute Gasteiger partial charge is 0.480 e. The van der Waals surface area contributed by atoms with Crippen molar-refractivity contribution < 1.29 is 14.7 Å². The minimum Gasteiger partial charge on any atom is -0.480 e. The average molecular weight is 334 g/mol. The zero-order chi connectivity index (χ0) is 17.9. The highest BCUT2D eigenvalue weighted by atomic mass is 16.4. The van der Waals surface area contributed by atoms with Gasteiger partial charge in [-0.2, -0.15) is 0 Å². The minimum atomic E-state index is -1.42. The predicted molar refractivity (Wildman–Crippen MR) is 91.4 cm³/mol. The summed E-state index contributed by atoms with van der Waals surface area (Å²) < 4.78 is 1.72. The molecule has 1 aliphatic carbocycles. The van der Waals surface area contributed by atoms with E-state index in [0.29, 0.717) is 6.54 Å². The second-order valence-corrected chi connectivity index (χ2v) is 6.93. The fourth-order valence-electron chi connectivity index (χ4n) is 3.00. The van der Waals surface area contributed by atoms with Crippen molar-refractivity contribution in [2.24, 2.45) is 0 Å². The highest BCUT2D eigenvalue weighted by molar-refractivity contribution is 5.97. The van der Waals surface area contributed by atoms with Gasteiger partial charge in [0.15, 0.2) is 0 Å². The number of carboxylic acids is 1. The first-order valence-corrected chi connectivity index (χ1v) is 8.59. The van der Waals surface area contributed by atoms with E-state index in [-0.39, 0.29) is 11.1 Å². The molecule has 1 amide bonds. The Bertz CT molecular complexity index is 704. The van der Waals surface area contributed by atoms with Gasteiger partial charge in [0, 0.05) is 12.2 Å². The van der Waals surface area contributed by atoms with Crippen LogP contribution in [0.5, 0.6) is 0 Å². The molecule has 2 rings (SSSR count). The Morgan fingerprint density at radius 2 is 1.96 bits per heavy atom. The van der Waals surface area contributed by atoms with Crippen LogP contribution in [0.3, 0.4) is 0 Å². The van der Waals surface area contributed by atoms with Gasteiger partial charge < -0.3 is 15.0 Å². The Morgan fingerprint density at radius 1 is 1.29 bits per heavy atom. The van der Waals surface area contributed by atoms with Crippen molar-refractivity contribution in [1.29, 1.82) is 0 Å². The van der Waals surface area contributed by atoms with Crippen LogP contribution < -0.4 is 10.9 Å². The fourth-order valence-corrected chi connectivity index (χ4v) is 3.00. The van der Waals surface area contributed by atoms with Crippen molar-refractivity contribution in [2.75, 3.05) is 0 Å². The lowest BCUT2D eigenvalue weighted by molar-refractivity contribution is -0.143. The Balaban J connectivity index is 2.45. The Hall–Kier alpha value is -2.11. The summed E-state index contributed by atoms with van der Waals surface area (Å²) in [6, 6.07) is 1.66. The van der Waals surface area contributed by atoms with E-state index >= 15 is 0 Å². The summed E-state index contributed by atoms with van der Waals surface area (Å²) in [6.45, 7) is 5.47. The number of fused-ring (bicyclic) bond motifs is 1. The van der Waals surface area contributed by atoms with Gasteiger partial charge in [0.1, 0.15) is 11.1 Å². The molecular weight excluding hydrogens is 308 g/mol. The molecule has 1 heterocycles. The molecule has 0 aliphatic heterocycles. The molecule has 0 saturated carbocycles. The van der Waals surface area contributed by atoms with Gasteiger partial charge in [0.25, 0.3) is 11.5 Å². The van der Waals surface area contributed by atoms with Gasteiger partial charge in [0.05, 0.1) is 0 Å². The summed E-state index contributed by atoms with van der Waals surface area (Å²) >= 11 is 0. The number of carboxylic acid groups (broad SMARTS) is 1. The third-order valence-corrected chi connectivity index (χ3v) is 4.54. The zero-order valence-corrected chi connectivity index (χ0v) is 14.6. The molecule has 6 nitrogen and oxygen atoms in total. The molecule has 1 aromatic rings. The number of aromatic nitrogens is 1. The van der Waals surface area contributed by atoms with Crippen molar-refractivity contribution in [3.63, 3.8) is 0 Å². The third-order valence-electron chi connectivity index (χ3n) is 4.54. The zero-order valence-electron chi connectivity index (χ0n) is 14.6. The maximum absolute atomic E-state index is 12.8. The minimum absolute atomic E-state index is 0.0427. The summed E-state index contributed by atoms with van der Waals surface area (Å²) in [5, 5.41) is 11.6. The second kappa shape index (κ2) is 7.20. The van der Waals surface area contributed by atoms with E-state index in [0.717, 1.165) is 49.8 Å². The van der Waals surface area contributed by atoms with E-state index in [1.165, 1.54) is 13.8 Å². The van der Waals surface area contributed by atoms with E-state index in [9.17, 15) is 19.5 Å². The van der Waals surface area contributed by atoms with Crippen molar-refractivity contribution >= 4 is 11.9 Å². The highest BCUT2D eigenvalue weighted by Gasteiger charge is 2.31. The van der Waals surface area contributed by atoms with Gasteiger partial charge >= 0.3 is 5.97 Å². The molecule has 0 unspecified atom stereocenters. The Labute approximate surface area is 141 Å². The summed E-state index contributed by atoms with van der Waals surface area (Å²) in [5.41, 5.74) is 0.376. The first-order valence-electron chi connectivity index (χ1n) is 8.59. The van der Waals surface area contributed by atoms with E-state index in [2.05, 4.69) is 12.2 Å². The van der Waals surface area contributed by atoms with Gasteiger partial charge in [-0.05, 0) is 57.6 Å². The SMILES string of the molecule is CCCCn1c2c(cc(C(=O)NC(C)(C)C(=O)O)c1=O)CCCC2. The Kier molecular flexibility index (Phi) is 5.47. The first kappa shape index (κ1) is 18.2. The van der Waals surface area contributed by atoms with Crippen molar-refractivity contribution in [1.82, 2.24) is 9.88 Å². The molecule has 0 fully saturated rings. The number of hydrogen-bond acceptors (Lipinski definition) is 3. The number of nitrogens with one attached hydrogen (secondary N) is 1. The second-order valence-electron chi connectivity index (χ2n) is 6.93. The normalized spacial score (nSPS) is 14.1. The standard InChI is InChI=1S/C18H26N2O4/c1-4-5-10-20-14-9-7-6-8-12(14)11-13(16(20)22)15(21)19-18(2,3)17(23)24/h11H,4-10H2,1-3H3,(H,19,21)(H,23,24). The van der Waals surface area contributed by atoms with E-state index in [4.69, 9.17) is 0 Å². The molecule has 2 N–H and O–H groups in total. The van der Waals surface area contributed by atoms with Crippen LogP contribution in [0.4, 0.5) is 0 Å². The van der Waals surface area contributed by atoms with Crippen LogP contribution in [0.15, 0.2) is 10.9 Å². The predicted octanol–water partition coefficient (Wildman–Crippen LogP) is 2.12. The molecule has 0 bridgehead atoms. The summed E-state index contributed by atoms with van der Waals surface area (Å²) in [6.07, 6.45) is 5.64. The third kappa shape index (κ3) is 3.68. The van der Waals surface area contributed by atoms with Gasteiger partial charge in [-0.3, -0.25) is 9.59 Å². The van der Waals surface area contributed by atoms with Crippen molar-refractivity contribution in [3.8, 4) is 0 Å². The average Bonchev–Trinajstić information content (AvgIpc) is 2.53. The quantitative estimate of drug-likeness (QED) is 0.834.